The first-order valence-electron chi connectivity index (χ1n) is 19.1. The Labute approximate surface area is 328 Å². The van der Waals surface area contributed by atoms with E-state index in [0.29, 0.717) is 5.92 Å². The minimum absolute atomic E-state index is 0. The number of rotatable bonds is 10. The monoisotopic (exact) mass is 889 g/mol. The smallest absolute Gasteiger partial charge is 0.164 e. The number of fused-ring (bicyclic) bond motifs is 8. The van der Waals surface area contributed by atoms with Crippen molar-refractivity contribution >= 4 is 38.7 Å². The number of hydrogen-bond donors (Lipinski definition) is 1. The molecular weight excluding hydrogens is 835 g/mol. The summed E-state index contributed by atoms with van der Waals surface area (Å²) < 4.78 is 12.6. The number of allylic oxidation sites excluding steroid dienone is 2. The zero-order valence-electron chi connectivity index (χ0n) is 33.0. The van der Waals surface area contributed by atoms with Gasteiger partial charge in [-0.3, -0.25) is 4.79 Å². The number of ketones is 1. The Bertz CT molecular complexity index is 2290. The molecule has 3 aromatic carbocycles. The van der Waals surface area contributed by atoms with Crippen LogP contribution in [0.4, 0.5) is 0 Å². The molecule has 5 nitrogen and oxygen atoms in total. The molecule has 1 aliphatic rings. The normalized spacial score (nSPS) is 13.9. The van der Waals surface area contributed by atoms with Crippen molar-refractivity contribution in [2.45, 2.75) is 107 Å². The molecule has 7 rings (SSSR count). The molecule has 0 amide bonds. The molecule has 53 heavy (non-hydrogen) atoms. The standard InChI is InChI=1S/C32H26NO2.C15H28O2.Ir/c1-18(2)15-19-9-12-26-23(16-19)28-27(34-26)13-14-33-30(28)20-10-11-21-24(17-20)32(3,4)29-22-7-5-6-8-25(22)35-31(21)29;1-7-14(5,8-2)12(16)11-13(17)15(6,9-3)10-4;/h5-14,16,18H,15H2,1-4H3;11,16H,7-10H2,1-6H3;/q-1;;/b;12-11-;. The molecule has 6 aromatic rings. The molecule has 1 radical (unpaired) electrons. The van der Waals surface area contributed by atoms with Gasteiger partial charge in [-0.25, -0.2) is 0 Å². The molecule has 6 heteroatoms. The van der Waals surface area contributed by atoms with E-state index in [4.69, 9.17) is 13.8 Å². The Hall–Kier alpha value is -3.99. The summed E-state index contributed by atoms with van der Waals surface area (Å²) in [5, 5.41) is 13.5. The van der Waals surface area contributed by atoms with Crippen molar-refractivity contribution in [1.29, 1.82) is 0 Å². The average Bonchev–Trinajstić information content (AvgIpc) is 3.78. The van der Waals surface area contributed by atoms with Crippen LogP contribution in [0.15, 0.2) is 87.5 Å². The summed E-state index contributed by atoms with van der Waals surface area (Å²) in [6.07, 6.45) is 7.62. The third-order valence-electron chi connectivity index (χ3n) is 12.0. The second kappa shape index (κ2) is 15.4. The number of hydrogen-bond acceptors (Lipinski definition) is 5. The molecule has 0 fully saturated rings. The van der Waals surface area contributed by atoms with Gasteiger partial charge in [-0.05, 0) is 73.5 Å². The van der Waals surface area contributed by atoms with Gasteiger partial charge in [0, 0.05) is 70.3 Å². The Balaban J connectivity index is 0.000000259. The van der Waals surface area contributed by atoms with Crippen molar-refractivity contribution in [2.75, 3.05) is 0 Å². The topological polar surface area (TPSA) is 76.5 Å². The first kappa shape index (κ1) is 40.2. The number of carbonyl (C=O) groups is 1. The quantitative estimate of drug-likeness (QED) is 0.0842. The fourth-order valence-electron chi connectivity index (χ4n) is 7.55. The van der Waals surface area contributed by atoms with E-state index in [9.17, 15) is 9.90 Å². The molecule has 0 saturated carbocycles. The van der Waals surface area contributed by atoms with Gasteiger partial charge in [-0.1, -0.05) is 99.1 Å². The zero-order chi connectivity index (χ0) is 37.6. The predicted molar refractivity (Wildman–Crippen MR) is 215 cm³/mol. The number of pyridine rings is 1. The third-order valence-corrected chi connectivity index (χ3v) is 12.0. The van der Waals surface area contributed by atoms with Crippen molar-refractivity contribution in [3.05, 3.63) is 101 Å². The van der Waals surface area contributed by atoms with Gasteiger partial charge in [0.05, 0.1) is 5.76 Å². The summed E-state index contributed by atoms with van der Waals surface area (Å²) in [6, 6.07) is 24.8. The van der Waals surface area contributed by atoms with E-state index in [1.165, 1.54) is 22.6 Å². The first-order valence-corrected chi connectivity index (χ1v) is 19.1. The van der Waals surface area contributed by atoms with Crippen molar-refractivity contribution in [1.82, 2.24) is 4.98 Å². The van der Waals surface area contributed by atoms with E-state index < -0.39 is 0 Å². The molecule has 0 unspecified atom stereocenters. The number of nitrogens with zero attached hydrogens (tertiary/aromatic N) is 1. The second-order valence-corrected chi connectivity index (χ2v) is 16.1. The number of aromatic nitrogens is 1. The summed E-state index contributed by atoms with van der Waals surface area (Å²) >= 11 is 0. The number of carbonyl (C=O) groups excluding carboxylic acids is 1. The van der Waals surface area contributed by atoms with E-state index >= 15 is 0 Å². The molecule has 1 aliphatic carbocycles. The van der Waals surface area contributed by atoms with Gasteiger partial charge in [0.25, 0.3) is 0 Å². The first-order chi connectivity index (χ1) is 24.7. The van der Waals surface area contributed by atoms with Gasteiger partial charge < -0.3 is 18.9 Å². The van der Waals surface area contributed by atoms with Crippen LogP contribution in [0.2, 0.25) is 0 Å². The Morgan fingerprint density at radius 1 is 0.868 bits per heavy atom. The summed E-state index contributed by atoms with van der Waals surface area (Å²) in [4.78, 5) is 17.0. The number of para-hydroxylation sites is 1. The van der Waals surface area contributed by atoms with Gasteiger partial charge in [0.2, 0.25) is 0 Å². The molecule has 0 spiro atoms. The largest absolute Gasteiger partial charge is 0.512 e. The van der Waals surface area contributed by atoms with Crippen molar-refractivity contribution in [2.24, 2.45) is 16.7 Å². The fraction of sp³-hybridized carbons (Fsp3) is 0.404. The maximum absolute atomic E-state index is 12.2. The van der Waals surface area contributed by atoms with E-state index in [1.54, 1.807) is 0 Å². The van der Waals surface area contributed by atoms with Crippen molar-refractivity contribution in [3.8, 4) is 22.6 Å². The summed E-state index contributed by atoms with van der Waals surface area (Å²) in [6.45, 7) is 21.1. The van der Waals surface area contributed by atoms with Crippen LogP contribution in [0.25, 0.3) is 55.5 Å². The van der Waals surface area contributed by atoms with Crippen LogP contribution in [-0.2, 0) is 36.7 Å². The maximum atomic E-state index is 12.2. The molecule has 0 bridgehead atoms. The molecule has 0 saturated heterocycles. The zero-order valence-corrected chi connectivity index (χ0v) is 35.4. The molecule has 3 heterocycles. The number of benzene rings is 3. The van der Waals surface area contributed by atoms with Crippen LogP contribution in [0.5, 0.6) is 0 Å². The second-order valence-electron chi connectivity index (χ2n) is 16.1. The van der Waals surface area contributed by atoms with E-state index in [0.717, 1.165) is 87.8 Å². The molecule has 281 valence electrons. The van der Waals surface area contributed by atoms with Crippen LogP contribution in [0.3, 0.4) is 0 Å². The molecule has 3 aromatic heterocycles. The van der Waals surface area contributed by atoms with Gasteiger partial charge in [0.1, 0.15) is 22.5 Å². The minimum Gasteiger partial charge on any atom is -0.512 e. The van der Waals surface area contributed by atoms with Gasteiger partial charge in [-0.15, -0.1) is 29.3 Å². The average molecular weight is 889 g/mol. The third kappa shape index (κ3) is 7.18. The van der Waals surface area contributed by atoms with Gasteiger partial charge in [0.15, 0.2) is 5.78 Å². The maximum Gasteiger partial charge on any atom is 0.164 e. The SMILES string of the molecule is CC(C)Cc1ccc2oc3ccnc(-c4[c-]c5c(cc4)-c4oc6ccccc6c4C5(C)C)c3c2c1.CCC(C)(CC)C(=O)/C=C(\O)C(C)(CC)CC.[Ir]. The molecular formula is C47H54IrNO4-. The van der Waals surface area contributed by atoms with Crippen molar-refractivity contribution < 1.29 is 38.8 Å². The summed E-state index contributed by atoms with van der Waals surface area (Å²) in [7, 11) is 0. The van der Waals surface area contributed by atoms with Crippen LogP contribution in [0.1, 0.15) is 112 Å². The Morgan fingerprint density at radius 2 is 1.53 bits per heavy atom. The van der Waals surface area contributed by atoms with Gasteiger partial charge >= 0.3 is 0 Å². The predicted octanol–water partition coefficient (Wildman–Crippen LogP) is 13.3. The van der Waals surface area contributed by atoms with Crippen LogP contribution < -0.4 is 0 Å². The van der Waals surface area contributed by atoms with Crippen LogP contribution in [0, 0.1) is 22.8 Å². The molecule has 0 atom stereocenters. The van der Waals surface area contributed by atoms with E-state index in [1.807, 2.05) is 65.9 Å². The Morgan fingerprint density at radius 3 is 2.19 bits per heavy atom. The van der Waals surface area contributed by atoms with Gasteiger partial charge in [-0.2, -0.15) is 0 Å². The summed E-state index contributed by atoms with van der Waals surface area (Å²) in [5.41, 5.74) is 8.60. The van der Waals surface area contributed by atoms with Crippen LogP contribution in [-0.4, -0.2) is 15.9 Å². The number of aliphatic hydroxyl groups excluding tert-OH is 1. The molecule has 1 N–H and O–H groups in total. The van der Waals surface area contributed by atoms with E-state index in [2.05, 4.69) is 76.2 Å². The minimum atomic E-state index is -0.337. The number of furan rings is 2. The number of aliphatic hydroxyl groups is 1. The van der Waals surface area contributed by atoms with E-state index in [-0.39, 0.29) is 47.9 Å². The fourth-order valence-corrected chi connectivity index (χ4v) is 7.55. The summed E-state index contributed by atoms with van der Waals surface area (Å²) in [5.74, 6) is 1.85. The van der Waals surface area contributed by atoms with Crippen molar-refractivity contribution in [3.63, 3.8) is 0 Å². The molecule has 0 aliphatic heterocycles. The Kier molecular flexibility index (Phi) is 11.7. The van der Waals surface area contributed by atoms with Crippen LogP contribution >= 0.6 is 0 Å².